The molecule has 3 fully saturated rings. The van der Waals surface area contributed by atoms with Crippen LogP contribution in [0.25, 0.3) is 5.57 Å². The molecule has 0 aliphatic heterocycles. The minimum absolute atomic E-state index is 0.0474. The maximum Gasteiger partial charge on any atom is 0.170 e. The lowest BCUT2D eigenvalue weighted by Gasteiger charge is -2.44. The second-order valence-corrected chi connectivity index (χ2v) is 7.92. The van der Waals surface area contributed by atoms with E-state index in [1.165, 1.54) is 12.8 Å². The van der Waals surface area contributed by atoms with Gasteiger partial charge in [0.05, 0.1) is 5.57 Å². The Kier molecular flexibility index (Phi) is 3.44. The van der Waals surface area contributed by atoms with Gasteiger partial charge in [-0.25, -0.2) is 0 Å². The van der Waals surface area contributed by atoms with Crippen LogP contribution in [0.1, 0.15) is 43.7 Å². The summed E-state index contributed by atoms with van der Waals surface area (Å²) in [5.41, 5.74) is 2.70. The fraction of sp³-hybridized carbons (Fsp3) is 0.526. The molecule has 0 amide bonds. The standard InChI is InChI=1S/C19H21BrO2/c1-2-10-7-8-13(20)9-14(10)17-18(21)15-11-3-4-12(6-5-11)16(15)19(17)22/h7-9,11-12,15-16,21H,2-6H2,1H3/t11-,12+,15?,16?. The van der Waals surface area contributed by atoms with Crippen molar-refractivity contribution in [2.45, 2.75) is 39.0 Å². The average Bonchev–Trinajstić information content (AvgIpc) is 2.82. The quantitative estimate of drug-likeness (QED) is 0.812. The van der Waals surface area contributed by atoms with E-state index in [0.29, 0.717) is 23.2 Å². The molecule has 2 nitrogen and oxygen atoms in total. The third-order valence-corrected chi connectivity index (χ3v) is 6.56. The number of rotatable bonds is 2. The Morgan fingerprint density at radius 3 is 2.36 bits per heavy atom. The number of aryl methyl sites for hydroxylation is 1. The summed E-state index contributed by atoms with van der Waals surface area (Å²) in [6.07, 6.45) is 5.55. The van der Waals surface area contributed by atoms with Crippen molar-refractivity contribution in [3.63, 3.8) is 0 Å². The largest absolute Gasteiger partial charge is 0.511 e. The Morgan fingerprint density at radius 1 is 1.14 bits per heavy atom. The Hall–Kier alpha value is -1.09. The zero-order chi connectivity index (χ0) is 15.4. The molecule has 0 saturated heterocycles. The summed E-state index contributed by atoms with van der Waals surface area (Å²) in [5.74, 6) is 1.72. The lowest BCUT2D eigenvalue weighted by molar-refractivity contribution is -0.123. The lowest BCUT2D eigenvalue weighted by Crippen LogP contribution is -2.41. The topological polar surface area (TPSA) is 37.3 Å². The number of Topliss-reactive ketones (excluding diaryl/α,β-unsaturated/α-hetero) is 1. The number of fused-ring (bicyclic) bond motifs is 2. The van der Waals surface area contributed by atoms with Crippen LogP contribution in [-0.4, -0.2) is 10.9 Å². The number of ketones is 1. The SMILES string of the molecule is CCc1ccc(Br)cc1C1=C(O)C2C(C1=O)[C@H]1CC[C@@H]2CC1. The van der Waals surface area contributed by atoms with E-state index in [2.05, 4.69) is 28.9 Å². The van der Waals surface area contributed by atoms with Crippen molar-refractivity contribution in [3.8, 4) is 0 Å². The number of benzene rings is 1. The smallest absolute Gasteiger partial charge is 0.170 e. The van der Waals surface area contributed by atoms with Gasteiger partial charge in [-0.3, -0.25) is 4.79 Å². The number of carbonyl (C=O) groups excluding carboxylic acids is 1. The number of aliphatic hydroxyl groups excluding tert-OH is 1. The first-order chi connectivity index (χ1) is 10.6. The van der Waals surface area contributed by atoms with E-state index in [4.69, 9.17) is 0 Å². The monoisotopic (exact) mass is 360 g/mol. The maximum atomic E-state index is 13.1. The van der Waals surface area contributed by atoms with Crippen LogP contribution in [0.3, 0.4) is 0 Å². The van der Waals surface area contributed by atoms with Gasteiger partial charge in [-0.15, -0.1) is 0 Å². The van der Waals surface area contributed by atoms with Crippen LogP contribution in [0.15, 0.2) is 28.4 Å². The van der Waals surface area contributed by atoms with Crippen molar-refractivity contribution in [3.05, 3.63) is 39.6 Å². The summed E-state index contributed by atoms with van der Waals surface area (Å²) in [4.78, 5) is 13.1. The van der Waals surface area contributed by atoms with E-state index >= 15 is 0 Å². The van der Waals surface area contributed by atoms with Gasteiger partial charge in [0.1, 0.15) is 5.76 Å². The van der Waals surface area contributed by atoms with Gasteiger partial charge in [-0.05, 0) is 67.2 Å². The Morgan fingerprint density at radius 2 is 1.77 bits per heavy atom. The average molecular weight is 361 g/mol. The van der Waals surface area contributed by atoms with Crippen LogP contribution in [0, 0.1) is 23.7 Å². The van der Waals surface area contributed by atoms with Gasteiger partial charge in [0, 0.05) is 16.3 Å². The number of allylic oxidation sites excluding steroid dienone is 2. The zero-order valence-electron chi connectivity index (χ0n) is 12.8. The third kappa shape index (κ3) is 1.94. The molecule has 0 aromatic heterocycles. The van der Waals surface area contributed by atoms with E-state index in [-0.39, 0.29) is 17.6 Å². The molecule has 116 valence electrons. The van der Waals surface area contributed by atoms with E-state index < -0.39 is 0 Å². The molecular weight excluding hydrogens is 340 g/mol. The number of hydrogen-bond acceptors (Lipinski definition) is 2. The molecule has 0 heterocycles. The minimum atomic E-state index is 0.0474. The fourth-order valence-electron chi connectivity index (χ4n) is 5.04. The third-order valence-electron chi connectivity index (χ3n) is 6.06. The summed E-state index contributed by atoms with van der Waals surface area (Å²) >= 11 is 3.51. The molecule has 3 heteroatoms. The maximum absolute atomic E-state index is 13.1. The molecule has 3 saturated carbocycles. The second-order valence-electron chi connectivity index (χ2n) is 7.01. The van der Waals surface area contributed by atoms with Crippen LogP contribution >= 0.6 is 15.9 Å². The summed E-state index contributed by atoms with van der Waals surface area (Å²) in [6.45, 7) is 2.10. The Bertz CT molecular complexity index is 668. The predicted octanol–water partition coefficient (Wildman–Crippen LogP) is 4.92. The van der Waals surface area contributed by atoms with Crippen LogP contribution in [0.2, 0.25) is 0 Å². The van der Waals surface area contributed by atoms with Gasteiger partial charge in [-0.1, -0.05) is 28.9 Å². The van der Waals surface area contributed by atoms with Crippen molar-refractivity contribution < 1.29 is 9.90 Å². The van der Waals surface area contributed by atoms with Gasteiger partial charge >= 0.3 is 0 Å². The highest BCUT2D eigenvalue weighted by Crippen LogP contribution is 2.57. The van der Waals surface area contributed by atoms with Crippen LogP contribution in [-0.2, 0) is 11.2 Å². The van der Waals surface area contributed by atoms with Crippen molar-refractivity contribution in [1.82, 2.24) is 0 Å². The van der Waals surface area contributed by atoms with Crippen molar-refractivity contribution in [1.29, 1.82) is 0 Å². The number of aliphatic hydroxyl groups is 1. The summed E-state index contributed by atoms with van der Waals surface area (Å²) in [7, 11) is 0. The van der Waals surface area contributed by atoms with Gasteiger partial charge in [0.15, 0.2) is 5.78 Å². The predicted molar refractivity (Wildman–Crippen MR) is 90.5 cm³/mol. The first kappa shape index (κ1) is 14.5. The molecule has 1 aromatic carbocycles. The first-order valence-electron chi connectivity index (χ1n) is 8.38. The Labute approximate surface area is 139 Å². The second kappa shape index (κ2) is 5.23. The van der Waals surface area contributed by atoms with E-state index in [1.54, 1.807) is 0 Å². The molecule has 4 aliphatic carbocycles. The van der Waals surface area contributed by atoms with Crippen LogP contribution in [0.4, 0.5) is 0 Å². The molecule has 0 spiro atoms. The molecular formula is C19H21BrO2. The molecule has 5 rings (SSSR count). The van der Waals surface area contributed by atoms with Crippen LogP contribution in [0.5, 0.6) is 0 Å². The highest BCUT2D eigenvalue weighted by atomic mass is 79.9. The van der Waals surface area contributed by atoms with Gasteiger partial charge in [0.25, 0.3) is 0 Å². The molecule has 2 unspecified atom stereocenters. The number of hydrogen-bond donors (Lipinski definition) is 1. The summed E-state index contributed by atoms with van der Waals surface area (Å²) < 4.78 is 0.964. The molecule has 4 aliphatic rings. The molecule has 2 bridgehead atoms. The van der Waals surface area contributed by atoms with E-state index in [1.807, 2.05) is 12.1 Å². The Balaban J connectivity index is 1.85. The molecule has 0 radical (unpaired) electrons. The van der Waals surface area contributed by atoms with Gasteiger partial charge in [0.2, 0.25) is 0 Å². The van der Waals surface area contributed by atoms with E-state index in [0.717, 1.165) is 34.9 Å². The van der Waals surface area contributed by atoms with Crippen molar-refractivity contribution in [2.75, 3.05) is 0 Å². The highest BCUT2D eigenvalue weighted by Gasteiger charge is 2.54. The minimum Gasteiger partial charge on any atom is -0.511 e. The molecule has 1 aromatic rings. The van der Waals surface area contributed by atoms with Crippen molar-refractivity contribution in [2.24, 2.45) is 23.7 Å². The zero-order valence-corrected chi connectivity index (χ0v) is 14.4. The number of carbonyl (C=O) groups is 1. The van der Waals surface area contributed by atoms with Crippen molar-refractivity contribution >= 4 is 27.3 Å². The van der Waals surface area contributed by atoms with E-state index in [9.17, 15) is 9.90 Å². The normalized spacial score (nSPS) is 33.5. The fourth-order valence-corrected chi connectivity index (χ4v) is 5.40. The first-order valence-corrected chi connectivity index (χ1v) is 9.17. The molecule has 1 N–H and O–H groups in total. The van der Waals surface area contributed by atoms with Gasteiger partial charge in [-0.2, -0.15) is 0 Å². The lowest BCUT2D eigenvalue weighted by atomic mass is 9.59. The highest BCUT2D eigenvalue weighted by molar-refractivity contribution is 9.10. The molecule has 2 atom stereocenters. The van der Waals surface area contributed by atoms with Gasteiger partial charge < -0.3 is 5.11 Å². The molecule has 22 heavy (non-hydrogen) atoms. The summed E-state index contributed by atoms with van der Waals surface area (Å²) in [6, 6.07) is 6.07. The van der Waals surface area contributed by atoms with Crippen LogP contribution < -0.4 is 0 Å². The summed E-state index contributed by atoms with van der Waals surface area (Å²) in [5, 5.41) is 10.9. The number of halogens is 1.